The molecule has 3 aromatic rings. The van der Waals surface area contributed by atoms with E-state index in [2.05, 4.69) is 15.1 Å². The molecule has 1 unspecified atom stereocenters. The second-order valence-electron chi connectivity index (χ2n) is 4.39. The summed E-state index contributed by atoms with van der Waals surface area (Å²) >= 11 is 0. The summed E-state index contributed by atoms with van der Waals surface area (Å²) in [6.07, 6.45) is 5.42. The molecule has 0 fully saturated rings. The predicted octanol–water partition coefficient (Wildman–Crippen LogP) is 3.40. The maximum Gasteiger partial charge on any atom is 0.193 e. The van der Waals surface area contributed by atoms with Gasteiger partial charge in [-0.15, -0.1) is 0 Å². The topological polar surface area (TPSA) is 48.2 Å². The van der Waals surface area contributed by atoms with Crippen molar-refractivity contribution in [3.8, 4) is 0 Å². The zero-order chi connectivity index (χ0) is 14.7. The fraction of sp³-hybridized carbons (Fsp3) is 0.0667. The third kappa shape index (κ3) is 2.09. The van der Waals surface area contributed by atoms with Crippen LogP contribution < -0.4 is 0 Å². The van der Waals surface area contributed by atoms with Crippen LogP contribution in [0.5, 0.6) is 0 Å². The van der Waals surface area contributed by atoms with Crippen molar-refractivity contribution in [1.29, 1.82) is 0 Å². The van der Waals surface area contributed by atoms with E-state index < -0.39 is 11.4 Å². The summed E-state index contributed by atoms with van der Waals surface area (Å²) in [5.74, 6) is -0.611. The van der Waals surface area contributed by atoms with Crippen LogP contribution in [0.15, 0.2) is 65.8 Å². The van der Waals surface area contributed by atoms with Crippen LogP contribution in [-0.4, -0.2) is 10.1 Å². The zero-order valence-electron chi connectivity index (χ0n) is 10.7. The van der Waals surface area contributed by atoms with Gasteiger partial charge < -0.3 is 4.52 Å². The molecule has 0 aliphatic heterocycles. The monoisotopic (exact) mass is 288 g/mol. The highest BCUT2D eigenvalue weighted by molar-refractivity contribution is 5.45. The minimum absolute atomic E-state index is 0.00343. The lowest BCUT2D eigenvalue weighted by Crippen LogP contribution is -2.31. The number of nitrogens with zero attached hydrogens (tertiary/aromatic N) is 2. The van der Waals surface area contributed by atoms with E-state index in [9.17, 15) is 8.92 Å². The van der Waals surface area contributed by atoms with E-state index >= 15 is 0 Å². The van der Waals surface area contributed by atoms with Gasteiger partial charge >= 0.3 is 0 Å². The summed E-state index contributed by atoms with van der Waals surface area (Å²) in [7, 11) is 0. The summed E-state index contributed by atoms with van der Waals surface area (Å²) in [5.41, 5.74) is -1.27. The first kappa shape index (κ1) is 13.4. The third-order valence-electron chi connectivity index (χ3n) is 3.28. The van der Waals surface area contributed by atoms with Gasteiger partial charge in [0.15, 0.2) is 5.60 Å². The van der Waals surface area contributed by atoms with Gasteiger partial charge in [0.2, 0.25) is 0 Å². The molecule has 0 amide bonds. The van der Waals surface area contributed by atoms with Crippen molar-refractivity contribution in [3.05, 3.63) is 83.8 Å². The molecule has 0 saturated heterocycles. The Morgan fingerprint density at radius 3 is 2.52 bits per heavy atom. The molecule has 4 nitrogen and oxygen atoms in total. The lowest BCUT2D eigenvalue weighted by Gasteiger charge is -2.28. The van der Waals surface area contributed by atoms with Crippen LogP contribution in [-0.2, 0) is 10.5 Å². The number of hydrogen-bond donors (Lipinski definition) is 0. The first-order valence-electron chi connectivity index (χ1n) is 6.14. The van der Waals surface area contributed by atoms with Gasteiger partial charge in [-0.1, -0.05) is 29.4 Å². The van der Waals surface area contributed by atoms with E-state index in [1.54, 1.807) is 18.2 Å². The molecule has 0 N–H and O–H groups in total. The molecule has 0 bridgehead atoms. The predicted molar refractivity (Wildman–Crippen MR) is 69.2 cm³/mol. The van der Waals surface area contributed by atoms with E-state index in [1.807, 2.05) is 0 Å². The van der Waals surface area contributed by atoms with Gasteiger partial charge in [-0.3, -0.25) is 4.98 Å². The summed E-state index contributed by atoms with van der Waals surface area (Å²) in [6, 6.07) is 8.97. The Morgan fingerprint density at radius 1 is 1.05 bits per heavy atom. The van der Waals surface area contributed by atoms with Crippen molar-refractivity contribution in [1.82, 2.24) is 10.1 Å². The minimum atomic E-state index is -1.82. The molecule has 106 valence electrons. The summed E-state index contributed by atoms with van der Waals surface area (Å²) < 4.78 is 32.7. The first-order chi connectivity index (χ1) is 10.3. The Bertz CT molecular complexity index is 720. The van der Waals surface area contributed by atoms with Crippen molar-refractivity contribution in [2.45, 2.75) is 5.60 Å². The number of aromatic nitrogens is 2. The van der Waals surface area contributed by atoms with Crippen molar-refractivity contribution >= 4 is 0 Å². The van der Waals surface area contributed by atoms with Gasteiger partial charge in [0, 0.05) is 23.5 Å². The standard InChI is InChI=1S/C15H10F2N2O2/c16-14-6-2-1-5-13(14)15(21-17,12-9-19-20-10-12)11-4-3-7-18-8-11/h1-10H. The first-order valence-corrected chi connectivity index (χ1v) is 6.14. The van der Waals surface area contributed by atoms with Crippen LogP contribution in [0.25, 0.3) is 0 Å². The molecular formula is C15H10F2N2O2. The molecule has 0 radical (unpaired) electrons. The molecule has 6 heteroatoms. The molecular weight excluding hydrogens is 278 g/mol. The van der Waals surface area contributed by atoms with Crippen LogP contribution in [0.3, 0.4) is 0 Å². The zero-order valence-corrected chi connectivity index (χ0v) is 10.7. The molecule has 0 saturated carbocycles. The minimum Gasteiger partial charge on any atom is -0.364 e. The second-order valence-corrected chi connectivity index (χ2v) is 4.39. The Hall–Kier alpha value is -2.60. The molecule has 0 aliphatic rings. The number of pyridine rings is 1. The van der Waals surface area contributed by atoms with Crippen LogP contribution in [0.1, 0.15) is 16.7 Å². The lowest BCUT2D eigenvalue weighted by atomic mass is 9.82. The number of halogens is 2. The van der Waals surface area contributed by atoms with Crippen molar-refractivity contribution in [2.24, 2.45) is 0 Å². The molecule has 21 heavy (non-hydrogen) atoms. The van der Waals surface area contributed by atoms with Gasteiger partial charge in [-0.2, -0.15) is 4.94 Å². The van der Waals surface area contributed by atoms with Gasteiger partial charge in [0.1, 0.15) is 12.1 Å². The Labute approximate surface area is 118 Å². The number of hydrogen-bond acceptors (Lipinski definition) is 4. The lowest BCUT2D eigenvalue weighted by molar-refractivity contribution is -0.208. The van der Waals surface area contributed by atoms with Crippen molar-refractivity contribution < 1.29 is 18.4 Å². The Morgan fingerprint density at radius 2 is 1.90 bits per heavy atom. The molecule has 1 atom stereocenters. The van der Waals surface area contributed by atoms with E-state index in [4.69, 9.17) is 4.52 Å². The molecule has 1 aromatic carbocycles. The quantitative estimate of drug-likeness (QED) is 0.738. The van der Waals surface area contributed by atoms with Crippen LogP contribution in [0, 0.1) is 5.82 Å². The van der Waals surface area contributed by atoms with Gasteiger partial charge in [-0.05, 0) is 16.7 Å². The summed E-state index contributed by atoms with van der Waals surface area (Å²) in [4.78, 5) is 8.20. The molecule has 0 aliphatic carbocycles. The van der Waals surface area contributed by atoms with Gasteiger partial charge in [-0.25, -0.2) is 4.39 Å². The third-order valence-corrected chi connectivity index (χ3v) is 3.28. The normalized spacial score (nSPS) is 13.8. The van der Waals surface area contributed by atoms with Crippen molar-refractivity contribution in [2.75, 3.05) is 0 Å². The SMILES string of the molecule is FOC(c1cccnc1)(c1cnoc1)c1ccccc1F. The highest BCUT2D eigenvalue weighted by atomic mass is 19.3. The summed E-state index contributed by atoms with van der Waals surface area (Å²) in [6.45, 7) is 0. The maximum absolute atomic E-state index is 14.2. The average molecular weight is 288 g/mol. The number of rotatable bonds is 4. The van der Waals surface area contributed by atoms with Gasteiger partial charge in [0.25, 0.3) is 0 Å². The average Bonchev–Trinajstić information content (AvgIpc) is 3.06. The number of benzene rings is 1. The largest absolute Gasteiger partial charge is 0.364 e. The van der Waals surface area contributed by atoms with E-state index in [0.717, 1.165) is 0 Å². The van der Waals surface area contributed by atoms with Crippen LogP contribution in [0.2, 0.25) is 0 Å². The molecule has 2 aromatic heterocycles. The fourth-order valence-corrected chi connectivity index (χ4v) is 2.30. The van der Waals surface area contributed by atoms with E-state index in [0.29, 0.717) is 5.56 Å². The Kier molecular flexibility index (Phi) is 3.45. The van der Waals surface area contributed by atoms with Crippen molar-refractivity contribution in [3.63, 3.8) is 0 Å². The van der Waals surface area contributed by atoms with E-state index in [1.165, 1.54) is 43.1 Å². The fourth-order valence-electron chi connectivity index (χ4n) is 2.30. The Balaban J connectivity index is 2.32. The molecule has 3 rings (SSSR count). The van der Waals surface area contributed by atoms with Gasteiger partial charge in [0.05, 0.1) is 11.8 Å². The smallest absolute Gasteiger partial charge is 0.193 e. The molecule has 0 spiro atoms. The maximum atomic E-state index is 14.2. The molecule has 2 heterocycles. The highest BCUT2D eigenvalue weighted by Gasteiger charge is 2.43. The van der Waals surface area contributed by atoms with Crippen LogP contribution in [0.4, 0.5) is 8.92 Å². The highest BCUT2D eigenvalue weighted by Crippen LogP contribution is 2.41. The van der Waals surface area contributed by atoms with Crippen LogP contribution >= 0.6 is 0 Å². The second kappa shape index (κ2) is 5.41. The summed E-state index contributed by atoms with van der Waals surface area (Å²) in [5, 5.41) is 3.55. The van der Waals surface area contributed by atoms with E-state index in [-0.39, 0.29) is 11.1 Å².